The summed E-state index contributed by atoms with van der Waals surface area (Å²) < 4.78 is 4.85. The van der Waals surface area contributed by atoms with Gasteiger partial charge in [-0.15, -0.1) is 11.3 Å². The topological polar surface area (TPSA) is 130 Å². The van der Waals surface area contributed by atoms with Crippen molar-refractivity contribution in [3.05, 3.63) is 27.8 Å². The number of hydrogen-bond donors (Lipinski definition) is 3. The number of nitrogens with one attached hydrogen (secondary N) is 2. The van der Waals surface area contributed by atoms with E-state index in [1.807, 2.05) is 0 Å². The third-order valence-electron chi connectivity index (χ3n) is 2.43. The maximum absolute atomic E-state index is 11.7. The number of aromatic carboxylic acids is 1. The summed E-state index contributed by atoms with van der Waals surface area (Å²) in [4.78, 5) is 30.3. The number of rotatable bonds is 5. The van der Waals surface area contributed by atoms with Crippen molar-refractivity contribution in [3.63, 3.8) is 0 Å². The van der Waals surface area contributed by atoms with Crippen molar-refractivity contribution >= 4 is 23.3 Å². The summed E-state index contributed by atoms with van der Waals surface area (Å²) >= 11 is 1.17. The molecule has 0 aromatic carbocycles. The third-order valence-corrected chi connectivity index (χ3v) is 3.46. The van der Waals surface area contributed by atoms with Gasteiger partial charge in [0.2, 0.25) is 5.89 Å². The molecule has 0 saturated carbocycles. The van der Waals surface area contributed by atoms with Crippen LogP contribution in [-0.2, 0) is 6.54 Å². The molecule has 0 aliphatic heterocycles. The number of nitrogens with zero attached hydrogens (tertiary/aromatic N) is 3. The second kappa shape index (κ2) is 6.31. The van der Waals surface area contributed by atoms with E-state index < -0.39 is 18.0 Å². The minimum Gasteiger partial charge on any atom is -0.476 e. The normalized spacial score (nSPS) is 11.9. The van der Waals surface area contributed by atoms with Gasteiger partial charge in [-0.25, -0.2) is 14.6 Å². The number of carbonyl (C=O) groups excluding carboxylic acids is 1. The van der Waals surface area contributed by atoms with Gasteiger partial charge in [-0.1, -0.05) is 5.16 Å². The SMILES string of the molecule is Cc1noc(CNC(=O)NC(C)c2nc(C(=O)O)cs2)n1. The average Bonchev–Trinajstić information content (AvgIpc) is 3.05. The van der Waals surface area contributed by atoms with Gasteiger partial charge in [-0.3, -0.25) is 0 Å². The van der Waals surface area contributed by atoms with E-state index in [2.05, 4.69) is 25.8 Å². The summed E-state index contributed by atoms with van der Waals surface area (Å²) in [5.41, 5.74) is -0.0367. The van der Waals surface area contributed by atoms with E-state index in [0.717, 1.165) is 0 Å². The number of urea groups is 1. The Morgan fingerprint density at radius 2 is 2.24 bits per heavy atom. The van der Waals surface area contributed by atoms with Gasteiger partial charge in [0.25, 0.3) is 0 Å². The molecule has 0 bridgehead atoms. The Kier molecular flexibility index (Phi) is 4.48. The van der Waals surface area contributed by atoms with Crippen molar-refractivity contribution < 1.29 is 19.2 Å². The van der Waals surface area contributed by atoms with Gasteiger partial charge in [0.1, 0.15) is 5.01 Å². The minimum absolute atomic E-state index is 0.0367. The van der Waals surface area contributed by atoms with Crippen molar-refractivity contribution in [1.82, 2.24) is 25.8 Å². The van der Waals surface area contributed by atoms with Gasteiger partial charge in [-0.05, 0) is 13.8 Å². The molecule has 0 saturated heterocycles. The van der Waals surface area contributed by atoms with Crippen LogP contribution < -0.4 is 10.6 Å². The molecule has 0 aliphatic carbocycles. The van der Waals surface area contributed by atoms with Crippen LogP contribution in [0, 0.1) is 6.92 Å². The lowest BCUT2D eigenvalue weighted by Gasteiger charge is -2.11. The first kappa shape index (κ1) is 14.9. The van der Waals surface area contributed by atoms with E-state index in [-0.39, 0.29) is 12.2 Å². The number of carboxylic acid groups (broad SMARTS) is 1. The molecule has 2 heterocycles. The number of carboxylic acids is 1. The first-order chi connectivity index (χ1) is 9.95. The van der Waals surface area contributed by atoms with Gasteiger partial charge in [0.05, 0.1) is 12.6 Å². The molecule has 112 valence electrons. The van der Waals surface area contributed by atoms with Crippen LogP contribution in [-0.4, -0.2) is 32.2 Å². The second-order valence-electron chi connectivity index (χ2n) is 4.16. The van der Waals surface area contributed by atoms with E-state index >= 15 is 0 Å². The Hall–Kier alpha value is -2.49. The lowest BCUT2D eigenvalue weighted by atomic mass is 10.3. The number of aromatic nitrogens is 3. The largest absolute Gasteiger partial charge is 0.476 e. The lowest BCUT2D eigenvalue weighted by Crippen LogP contribution is -2.36. The van der Waals surface area contributed by atoms with Gasteiger partial charge in [0.15, 0.2) is 11.5 Å². The van der Waals surface area contributed by atoms with E-state index in [1.54, 1.807) is 13.8 Å². The molecule has 0 radical (unpaired) electrons. The Morgan fingerprint density at radius 1 is 1.48 bits per heavy atom. The summed E-state index contributed by atoms with van der Waals surface area (Å²) in [5, 5.41) is 19.5. The fourth-order valence-corrected chi connectivity index (χ4v) is 2.26. The number of amides is 2. The van der Waals surface area contributed by atoms with Crippen molar-refractivity contribution in [2.45, 2.75) is 26.4 Å². The molecule has 21 heavy (non-hydrogen) atoms. The fraction of sp³-hybridized carbons (Fsp3) is 0.364. The molecule has 10 heteroatoms. The van der Waals surface area contributed by atoms with Crippen LogP contribution >= 0.6 is 11.3 Å². The molecular formula is C11H13N5O4S. The zero-order valence-corrected chi connectivity index (χ0v) is 12.1. The molecule has 0 fully saturated rings. The molecule has 2 amide bonds. The van der Waals surface area contributed by atoms with E-state index in [4.69, 9.17) is 9.63 Å². The fourth-order valence-electron chi connectivity index (χ4n) is 1.46. The third kappa shape index (κ3) is 3.99. The summed E-state index contributed by atoms with van der Waals surface area (Å²) in [7, 11) is 0. The van der Waals surface area contributed by atoms with Crippen LogP contribution in [0.2, 0.25) is 0 Å². The lowest BCUT2D eigenvalue weighted by molar-refractivity contribution is 0.0691. The summed E-state index contributed by atoms with van der Waals surface area (Å²) in [6, 6.07) is -0.849. The van der Waals surface area contributed by atoms with Crippen LogP contribution in [0.25, 0.3) is 0 Å². The number of aryl methyl sites for hydroxylation is 1. The number of carbonyl (C=O) groups is 2. The van der Waals surface area contributed by atoms with Crippen LogP contribution in [0.1, 0.15) is 40.2 Å². The Labute approximate surface area is 123 Å². The highest BCUT2D eigenvalue weighted by atomic mass is 32.1. The molecule has 0 aliphatic rings. The van der Waals surface area contributed by atoms with Gasteiger partial charge in [0, 0.05) is 5.38 Å². The molecule has 9 nitrogen and oxygen atoms in total. The first-order valence-electron chi connectivity index (χ1n) is 5.98. The van der Waals surface area contributed by atoms with E-state index in [1.165, 1.54) is 16.7 Å². The smallest absolute Gasteiger partial charge is 0.355 e. The van der Waals surface area contributed by atoms with Crippen LogP contribution in [0.15, 0.2) is 9.90 Å². The predicted molar refractivity (Wildman–Crippen MR) is 71.9 cm³/mol. The van der Waals surface area contributed by atoms with Crippen molar-refractivity contribution in [2.75, 3.05) is 0 Å². The second-order valence-corrected chi connectivity index (χ2v) is 5.05. The van der Waals surface area contributed by atoms with E-state index in [9.17, 15) is 9.59 Å². The first-order valence-corrected chi connectivity index (χ1v) is 6.86. The zero-order chi connectivity index (χ0) is 15.4. The maximum Gasteiger partial charge on any atom is 0.355 e. The molecule has 2 aromatic rings. The predicted octanol–water partition coefficient (Wildman–Crippen LogP) is 1.09. The molecule has 3 N–H and O–H groups in total. The quantitative estimate of drug-likeness (QED) is 0.753. The van der Waals surface area contributed by atoms with Gasteiger partial charge < -0.3 is 20.3 Å². The van der Waals surface area contributed by atoms with Crippen LogP contribution in [0.4, 0.5) is 4.79 Å². The molecule has 2 aromatic heterocycles. The van der Waals surface area contributed by atoms with Crippen molar-refractivity contribution in [2.24, 2.45) is 0 Å². The molecular weight excluding hydrogens is 298 g/mol. The highest BCUT2D eigenvalue weighted by Crippen LogP contribution is 2.17. The Bertz CT molecular complexity index is 653. The van der Waals surface area contributed by atoms with Gasteiger partial charge in [-0.2, -0.15) is 4.98 Å². The molecule has 1 atom stereocenters. The van der Waals surface area contributed by atoms with Crippen molar-refractivity contribution in [3.8, 4) is 0 Å². The zero-order valence-electron chi connectivity index (χ0n) is 11.3. The maximum atomic E-state index is 11.7. The van der Waals surface area contributed by atoms with Gasteiger partial charge >= 0.3 is 12.0 Å². The summed E-state index contributed by atoms with van der Waals surface area (Å²) in [6.07, 6.45) is 0. The summed E-state index contributed by atoms with van der Waals surface area (Å²) in [6.45, 7) is 3.50. The molecule has 1 unspecified atom stereocenters. The average molecular weight is 311 g/mol. The molecule has 0 spiro atoms. The highest BCUT2D eigenvalue weighted by molar-refractivity contribution is 7.09. The molecule has 2 rings (SSSR count). The monoisotopic (exact) mass is 311 g/mol. The van der Waals surface area contributed by atoms with Crippen LogP contribution in [0.3, 0.4) is 0 Å². The van der Waals surface area contributed by atoms with E-state index in [0.29, 0.717) is 16.7 Å². The standard InChI is InChI=1S/C11H13N5O4S/c1-5(9-15-7(4-21-9)10(17)18)13-11(19)12-3-8-14-6(2)16-20-8/h4-5H,3H2,1-2H3,(H,17,18)(H2,12,13,19). The Balaban J connectivity index is 1.85. The van der Waals surface area contributed by atoms with Crippen LogP contribution in [0.5, 0.6) is 0 Å². The Morgan fingerprint density at radius 3 is 2.81 bits per heavy atom. The van der Waals surface area contributed by atoms with Crippen molar-refractivity contribution in [1.29, 1.82) is 0 Å². The minimum atomic E-state index is -1.10. The summed E-state index contributed by atoms with van der Waals surface area (Å²) in [5.74, 6) is -0.303. The number of hydrogen-bond acceptors (Lipinski definition) is 7. The highest BCUT2D eigenvalue weighted by Gasteiger charge is 2.16. The number of thiazole rings is 1.